The lowest BCUT2D eigenvalue weighted by atomic mass is 9.79. The molecule has 1 aromatic heterocycles. The Bertz CT molecular complexity index is 374. The van der Waals surface area contributed by atoms with Crippen LogP contribution in [0.3, 0.4) is 0 Å². The number of carbonyl (C=O) groups is 1. The number of carboxylic acids is 1. The molecule has 0 spiro atoms. The fourth-order valence-corrected chi connectivity index (χ4v) is 2.69. The number of nitrogens with zero attached hydrogens (tertiary/aromatic N) is 1. The van der Waals surface area contributed by atoms with Crippen LogP contribution in [-0.2, 0) is 11.3 Å². The first-order valence-corrected chi connectivity index (χ1v) is 6.04. The van der Waals surface area contributed by atoms with Gasteiger partial charge in [0.25, 0.3) is 0 Å². The highest BCUT2D eigenvalue weighted by atomic mass is 16.4. The third-order valence-corrected chi connectivity index (χ3v) is 3.40. The molecule has 1 aromatic rings. The summed E-state index contributed by atoms with van der Waals surface area (Å²) in [5, 5.41) is 8.94. The van der Waals surface area contributed by atoms with Crippen molar-refractivity contribution in [3.63, 3.8) is 0 Å². The van der Waals surface area contributed by atoms with E-state index in [1.54, 1.807) is 6.26 Å². The summed E-state index contributed by atoms with van der Waals surface area (Å²) in [5.41, 5.74) is -0.101. The van der Waals surface area contributed by atoms with Crippen LogP contribution < -0.4 is 0 Å². The Morgan fingerprint density at radius 2 is 2.47 bits per heavy atom. The zero-order valence-corrected chi connectivity index (χ0v) is 10.2. The average Bonchev–Trinajstić information content (AvgIpc) is 2.68. The van der Waals surface area contributed by atoms with Gasteiger partial charge in [0.2, 0.25) is 0 Å². The van der Waals surface area contributed by atoms with Crippen LogP contribution in [0.2, 0.25) is 0 Å². The van der Waals surface area contributed by atoms with Gasteiger partial charge < -0.3 is 9.52 Å². The van der Waals surface area contributed by atoms with Crippen molar-refractivity contribution in [2.75, 3.05) is 13.1 Å². The Morgan fingerprint density at radius 1 is 1.65 bits per heavy atom. The van der Waals surface area contributed by atoms with Crippen LogP contribution in [-0.4, -0.2) is 29.1 Å². The summed E-state index contributed by atoms with van der Waals surface area (Å²) in [6.45, 7) is 4.70. The maximum Gasteiger partial charge on any atom is 0.303 e. The lowest BCUT2D eigenvalue weighted by Crippen LogP contribution is -2.42. The Morgan fingerprint density at radius 3 is 3.12 bits per heavy atom. The topological polar surface area (TPSA) is 53.7 Å². The summed E-state index contributed by atoms with van der Waals surface area (Å²) >= 11 is 0. The molecule has 2 heterocycles. The minimum atomic E-state index is -0.702. The Kier molecular flexibility index (Phi) is 3.52. The van der Waals surface area contributed by atoms with E-state index in [4.69, 9.17) is 9.52 Å². The molecular weight excluding hydrogens is 218 g/mol. The second kappa shape index (κ2) is 4.92. The monoisotopic (exact) mass is 237 g/mol. The molecular formula is C13H19NO3. The molecule has 17 heavy (non-hydrogen) atoms. The number of hydrogen-bond donors (Lipinski definition) is 1. The van der Waals surface area contributed by atoms with Gasteiger partial charge in [0.1, 0.15) is 5.76 Å². The summed E-state index contributed by atoms with van der Waals surface area (Å²) in [5.74, 6) is 0.247. The smallest absolute Gasteiger partial charge is 0.303 e. The summed E-state index contributed by atoms with van der Waals surface area (Å²) in [4.78, 5) is 13.1. The van der Waals surface area contributed by atoms with E-state index < -0.39 is 5.97 Å². The van der Waals surface area contributed by atoms with Crippen LogP contribution >= 0.6 is 0 Å². The van der Waals surface area contributed by atoms with Crippen LogP contribution in [0.25, 0.3) is 0 Å². The summed E-state index contributed by atoms with van der Waals surface area (Å²) in [6.07, 6.45) is 3.98. The van der Waals surface area contributed by atoms with Gasteiger partial charge in [-0.1, -0.05) is 6.92 Å². The number of aliphatic carboxylic acids is 1. The first kappa shape index (κ1) is 12.2. The molecule has 1 aliphatic heterocycles. The molecule has 0 aromatic carbocycles. The number of likely N-dealkylation sites (tertiary alicyclic amines) is 1. The van der Waals surface area contributed by atoms with Gasteiger partial charge >= 0.3 is 5.97 Å². The van der Waals surface area contributed by atoms with Gasteiger partial charge in [-0.2, -0.15) is 0 Å². The van der Waals surface area contributed by atoms with Crippen molar-refractivity contribution in [2.45, 2.75) is 32.7 Å². The first-order valence-electron chi connectivity index (χ1n) is 6.04. The van der Waals surface area contributed by atoms with E-state index in [1.807, 2.05) is 12.1 Å². The summed E-state index contributed by atoms with van der Waals surface area (Å²) in [6, 6.07) is 3.85. The highest BCUT2D eigenvalue weighted by Gasteiger charge is 2.33. The van der Waals surface area contributed by atoms with Crippen LogP contribution in [0, 0.1) is 5.41 Å². The second-order valence-corrected chi connectivity index (χ2v) is 5.27. The number of carboxylic acid groups (broad SMARTS) is 1. The molecule has 1 fully saturated rings. The molecule has 0 radical (unpaired) electrons. The van der Waals surface area contributed by atoms with Crippen molar-refractivity contribution in [1.82, 2.24) is 4.90 Å². The van der Waals surface area contributed by atoms with Crippen molar-refractivity contribution in [2.24, 2.45) is 5.41 Å². The van der Waals surface area contributed by atoms with E-state index in [0.717, 1.165) is 38.2 Å². The van der Waals surface area contributed by atoms with E-state index in [2.05, 4.69) is 11.8 Å². The SMILES string of the molecule is CC1(CC(=O)O)CCCN(Cc2ccco2)C1. The molecule has 0 saturated carbocycles. The van der Waals surface area contributed by atoms with Gasteiger partial charge in [0, 0.05) is 6.54 Å². The quantitative estimate of drug-likeness (QED) is 0.873. The molecule has 94 valence electrons. The largest absolute Gasteiger partial charge is 0.481 e. The van der Waals surface area contributed by atoms with E-state index >= 15 is 0 Å². The van der Waals surface area contributed by atoms with Gasteiger partial charge in [-0.3, -0.25) is 9.69 Å². The van der Waals surface area contributed by atoms with Gasteiger partial charge in [0.15, 0.2) is 0 Å². The number of piperidine rings is 1. The van der Waals surface area contributed by atoms with Crippen molar-refractivity contribution in [3.8, 4) is 0 Å². The lowest BCUT2D eigenvalue weighted by Gasteiger charge is -2.39. The van der Waals surface area contributed by atoms with E-state index in [0.29, 0.717) is 0 Å². The summed E-state index contributed by atoms with van der Waals surface area (Å²) < 4.78 is 5.33. The zero-order chi connectivity index (χ0) is 12.3. The Hall–Kier alpha value is -1.29. The lowest BCUT2D eigenvalue weighted by molar-refractivity contribution is -0.140. The third-order valence-electron chi connectivity index (χ3n) is 3.40. The van der Waals surface area contributed by atoms with E-state index in [9.17, 15) is 4.79 Å². The fraction of sp³-hybridized carbons (Fsp3) is 0.615. The second-order valence-electron chi connectivity index (χ2n) is 5.27. The van der Waals surface area contributed by atoms with Crippen molar-refractivity contribution >= 4 is 5.97 Å². The number of hydrogen-bond acceptors (Lipinski definition) is 3. The molecule has 0 bridgehead atoms. The van der Waals surface area contributed by atoms with Crippen LogP contribution in [0.4, 0.5) is 0 Å². The van der Waals surface area contributed by atoms with E-state index in [-0.39, 0.29) is 11.8 Å². The molecule has 0 amide bonds. The first-order chi connectivity index (χ1) is 8.07. The van der Waals surface area contributed by atoms with E-state index in [1.165, 1.54) is 0 Å². The molecule has 1 atom stereocenters. The predicted molar refractivity (Wildman–Crippen MR) is 63.6 cm³/mol. The molecule has 0 aliphatic carbocycles. The van der Waals surface area contributed by atoms with Crippen molar-refractivity contribution in [3.05, 3.63) is 24.2 Å². The third kappa shape index (κ3) is 3.33. The Balaban J connectivity index is 1.94. The average molecular weight is 237 g/mol. The van der Waals surface area contributed by atoms with Crippen LogP contribution in [0.1, 0.15) is 31.9 Å². The molecule has 4 nitrogen and oxygen atoms in total. The summed E-state index contributed by atoms with van der Waals surface area (Å²) in [7, 11) is 0. The van der Waals surface area contributed by atoms with Gasteiger partial charge in [-0.25, -0.2) is 0 Å². The number of rotatable bonds is 4. The molecule has 1 N–H and O–H groups in total. The highest BCUT2D eigenvalue weighted by molar-refractivity contribution is 5.67. The standard InChI is InChI=1S/C13H19NO3/c1-13(8-12(15)16)5-3-6-14(10-13)9-11-4-2-7-17-11/h2,4,7H,3,5-6,8-10H2,1H3,(H,15,16). The zero-order valence-electron chi connectivity index (χ0n) is 10.2. The normalized spacial score (nSPS) is 25.9. The van der Waals surface area contributed by atoms with Gasteiger partial charge in [0.05, 0.1) is 19.2 Å². The predicted octanol–water partition coefficient (Wildman–Crippen LogP) is 2.36. The molecule has 1 unspecified atom stereocenters. The van der Waals surface area contributed by atoms with Crippen LogP contribution in [0.15, 0.2) is 22.8 Å². The Labute approximate surface area is 101 Å². The minimum absolute atomic E-state index is 0.101. The van der Waals surface area contributed by atoms with Gasteiger partial charge in [-0.15, -0.1) is 0 Å². The van der Waals surface area contributed by atoms with Crippen molar-refractivity contribution < 1.29 is 14.3 Å². The van der Waals surface area contributed by atoms with Gasteiger partial charge in [-0.05, 0) is 36.9 Å². The molecule has 1 aliphatic rings. The highest BCUT2D eigenvalue weighted by Crippen LogP contribution is 2.33. The minimum Gasteiger partial charge on any atom is -0.481 e. The maximum absolute atomic E-state index is 10.9. The molecule has 1 saturated heterocycles. The maximum atomic E-state index is 10.9. The molecule has 2 rings (SSSR count). The number of furan rings is 1. The fourth-order valence-electron chi connectivity index (χ4n) is 2.69. The van der Waals surface area contributed by atoms with Crippen molar-refractivity contribution in [1.29, 1.82) is 0 Å². The molecule has 4 heteroatoms. The van der Waals surface area contributed by atoms with Crippen LogP contribution in [0.5, 0.6) is 0 Å².